The van der Waals surface area contributed by atoms with Crippen LogP contribution in [0.15, 0.2) is 39.9 Å². The fourth-order valence-corrected chi connectivity index (χ4v) is 4.19. The van der Waals surface area contributed by atoms with Gasteiger partial charge in [-0.1, -0.05) is 12.1 Å². The zero-order valence-corrected chi connectivity index (χ0v) is 17.0. The molecule has 0 saturated carbocycles. The number of alkyl halides is 3. The molecule has 0 saturated heterocycles. The van der Waals surface area contributed by atoms with Crippen molar-refractivity contribution < 1.29 is 17.6 Å². The van der Waals surface area contributed by atoms with E-state index in [4.69, 9.17) is 0 Å². The summed E-state index contributed by atoms with van der Waals surface area (Å²) in [6, 6.07) is 6.22. The van der Waals surface area contributed by atoms with Crippen LogP contribution in [0.25, 0.3) is 22.1 Å². The molecule has 0 radical (unpaired) electrons. The summed E-state index contributed by atoms with van der Waals surface area (Å²) in [5.74, 6) is -1.44. The van der Waals surface area contributed by atoms with Crippen molar-refractivity contribution in [1.82, 2.24) is 19.1 Å². The normalized spacial score (nSPS) is 13.5. The minimum atomic E-state index is -4.97. The van der Waals surface area contributed by atoms with Gasteiger partial charge in [-0.25, -0.2) is 14.0 Å². The van der Waals surface area contributed by atoms with E-state index in [9.17, 15) is 27.2 Å². The Bertz CT molecular complexity index is 1410. The van der Waals surface area contributed by atoms with E-state index in [1.165, 1.54) is 0 Å². The van der Waals surface area contributed by atoms with Crippen LogP contribution in [0.5, 0.6) is 0 Å². The zero-order chi connectivity index (χ0) is 22.7. The first-order chi connectivity index (χ1) is 14.5. The highest BCUT2D eigenvalue weighted by Crippen LogP contribution is 2.37. The lowest BCUT2D eigenvalue weighted by molar-refractivity contribution is -0.138. The van der Waals surface area contributed by atoms with E-state index in [0.717, 1.165) is 10.6 Å². The minimum absolute atomic E-state index is 0.0943. The quantitative estimate of drug-likeness (QED) is 0.462. The van der Waals surface area contributed by atoms with Gasteiger partial charge in [-0.15, -0.1) is 0 Å². The lowest BCUT2D eigenvalue weighted by atomic mass is 10.0. The van der Waals surface area contributed by atoms with Gasteiger partial charge in [-0.2, -0.15) is 13.2 Å². The number of aromatic nitrogens is 4. The maximum atomic E-state index is 14.1. The molecule has 0 spiro atoms. The Morgan fingerprint density at radius 2 is 1.65 bits per heavy atom. The monoisotopic (exact) mass is 436 g/mol. The summed E-state index contributed by atoms with van der Waals surface area (Å²) in [6.45, 7) is 5.31. The van der Waals surface area contributed by atoms with E-state index in [0.29, 0.717) is 22.7 Å². The molecule has 1 unspecified atom stereocenters. The first kappa shape index (κ1) is 21.0. The van der Waals surface area contributed by atoms with Crippen LogP contribution in [-0.2, 0) is 12.6 Å². The van der Waals surface area contributed by atoms with Gasteiger partial charge >= 0.3 is 17.6 Å². The van der Waals surface area contributed by atoms with E-state index in [-0.39, 0.29) is 23.7 Å². The third kappa shape index (κ3) is 3.35. The van der Waals surface area contributed by atoms with Gasteiger partial charge in [0.15, 0.2) is 0 Å². The summed E-state index contributed by atoms with van der Waals surface area (Å²) >= 11 is 0. The van der Waals surface area contributed by atoms with Crippen molar-refractivity contribution in [2.24, 2.45) is 0 Å². The molecule has 0 amide bonds. The largest absolute Gasteiger partial charge is 0.421 e. The smallest absolute Gasteiger partial charge is 0.306 e. The number of hydrogen-bond acceptors (Lipinski definition) is 2. The predicted octanol–water partition coefficient (Wildman–Crippen LogP) is 4.52. The Kier molecular flexibility index (Phi) is 4.83. The molecule has 1 atom stereocenters. The van der Waals surface area contributed by atoms with E-state index in [2.05, 4.69) is 9.97 Å². The summed E-state index contributed by atoms with van der Waals surface area (Å²) < 4.78 is 57.4. The summed E-state index contributed by atoms with van der Waals surface area (Å²) in [5, 5.41) is 0. The first-order valence-corrected chi connectivity index (χ1v) is 9.72. The van der Waals surface area contributed by atoms with Gasteiger partial charge in [0.25, 0.3) is 0 Å². The topological polar surface area (TPSA) is 75.6 Å². The molecule has 31 heavy (non-hydrogen) atoms. The highest BCUT2D eigenvalue weighted by molar-refractivity contribution is 5.81. The van der Waals surface area contributed by atoms with E-state index >= 15 is 0 Å². The zero-order valence-electron chi connectivity index (χ0n) is 17.0. The van der Waals surface area contributed by atoms with Crippen LogP contribution in [0.1, 0.15) is 44.0 Å². The van der Waals surface area contributed by atoms with Crippen molar-refractivity contribution in [2.75, 3.05) is 0 Å². The Labute approximate surface area is 173 Å². The number of benzene rings is 2. The van der Waals surface area contributed by atoms with Crippen molar-refractivity contribution in [3.8, 4) is 0 Å². The molecule has 4 aromatic rings. The summed E-state index contributed by atoms with van der Waals surface area (Å²) in [5.41, 5.74) is -1.27. The fourth-order valence-electron chi connectivity index (χ4n) is 4.19. The predicted molar refractivity (Wildman–Crippen MR) is 109 cm³/mol. The van der Waals surface area contributed by atoms with Crippen molar-refractivity contribution in [3.63, 3.8) is 0 Å². The molecule has 2 heterocycles. The van der Waals surface area contributed by atoms with Crippen LogP contribution in [-0.4, -0.2) is 19.1 Å². The molecule has 2 aromatic carbocycles. The number of para-hydroxylation sites is 1. The molecular formula is C21H20F4N4O2. The molecule has 0 bridgehead atoms. The maximum Gasteiger partial charge on any atom is 0.421 e. The van der Waals surface area contributed by atoms with Crippen molar-refractivity contribution >= 4 is 22.1 Å². The highest BCUT2D eigenvalue weighted by atomic mass is 19.4. The van der Waals surface area contributed by atoms with Crippen LogP contribution in [0.3, 0.4) is 0 Å². The Balaban J connectivity index is 1.87. The number of nitrogens with one attached hydrogen (secondary N) is 2. The second-order valence-corrected chi connectivity index (χ2v) is 7.87. The second kappa shape index (κ2) is 7.14. The molecule has 0 aliphatic rings. The SMILES string of the molecule is CC(C)n1c(=O)[nH]c2c(CC(C)n3c(=O)[nH]c4ccc(F)c(C(F)(F)F)c43)cccc21. The highest BCUT2D eigenvalue weighted by Gasteiger charge is 2.38. The molecule has 2 N–H and O–H groups in total. The van der Waals surface area contributed by atoms with Gasteiger partial charge in [0.1, 0.15) is 11.4 Å². The fraction of sp³-hybridized carbons (Fsp3) is 0.333. The third-order valence-electron chi connectivity index (χ3n) is 5.42. The lowest BCUT2D eigenvalue weighted by Gasteiger charge is -2.17. The molecule has 10 heteroatoms. The Morgan fingerprint density at radius 3 is 2.29 bits per heavy atom. The Hall–Kier alpha value is -3.30. The Morgan fingerprint density at radius 1 is 0.968 bits per heavy atom. The molecule has 6 nitrogen and oxygen atoms in total. The number of H-pyrrole nitrogens is 2. The van der Waals surface area contributed by atoms with Gasteiger partial charge in [0.05, 0.1) is 22.1 Å². The van der Waals surface area contributed by atoms with Crippen LogP contribution in [0, 0.1) is 5.82 Å². The van der Waals surface area contributed by atoms with Crippen molar-refractivity contribution in [3.05, 3.63) is 68.2 Å². The summed E-state index contributed by atoms with van der Waals surface area (Å²) in [7, 11) is 0. The number of nitrogens with zero attached hydrogens (tertiary/aromatic N) is 2. The van der Waals surface area contributed by atoms with Crippen molar-refractivity contribution in [2.45, 2.75) is 45.5 Å². The van der Waals surface area contributed by atoms with E-state index in [1.807, 2.05) is 13.8 Å². The standard InChI is InChI=1S/C21H20F4N4O2/c1-10(2)28-15-6-4-5-12(17(15)27-20(28)31)9-11(3)29-18-14(26-19(29)30)8-7-13(22)16(18)21(23,24)25/h4-8,10-11H,9H2,1-3H3,(H,26,30)(H,27,31). The van der Waals surface area contributed by atoms with E-state index in [1.54, 1.807) is 29.7 Å². The van der Waals surface area contributed by atoms with Crippen molar-refractivity contribution in [1.29, 1.82) is 0 Å². The third-order valence-corrected chi connectivity index (χ3v) is 5.42. The molecule has 4 rings (SSSR count). The van der Waals surface area contributed by atoms with E-state index < -0.39 is 34.8 Å². The molecular weight excluding hydrogens is 416 g/mol. The van der Waals surface area contributed by atoms with Gasteiger partial charge in [-0.05, 0) is 51.0 Å². The molecule has 0 aliphatic carbocycles. The first-order valence-electron chi connectivity index (χ1n) is 9.72. The maximum absolute atomic E-state index is 14.1. The number of imidazole rings is 2. The van der Waals surface area contributed by atoms with Gasteiger partial charge in [0.2, 0.25) is 0 Å². The van der Waals surface area contributed by atoms with Gasteiger partial charge < -0.3 is 9.97 Å². The number of aromatic amines is 2. The van der Waals surface area contributed by atoms with Crippen LogP contribution in [0.4, 0.5) is 17.6 Å². The summed E-state index contributed by atoms with van der Waals surface area (Å²) in [4.78, 5) is 30.1. The summed E-state index contributed by atoms with van der Waals surface area (Å²) in [6.07, 6.45) is -4.82. The molecule has 164 valence electrons. The molecule has 0 aliphatic heterocycles. The number of halogens is 4. The van der Waals surface area contributed by atoms with Gasteiger partial charge in [0, 0.05) is 12.1 Å². The van der Waals surface area contributed by atoms with Crippen LogP contribution in [0.2, 0.25) is 0 Å². The number of fused-ring (bicyclic) bond motifs is 2. The van der Waals surface area contributed by atoms with Crippen LogP contribution >= 0.6 is 0 Å². The average molecular weight is 436 g/mol. The van der Waals surface area contributed by atoms with Gasteiger partial charge in [-0.3, -0.25) is 9.13 Å². The lowest BCUT2D eigenvalue weighted by Crippen LogP contribution is -2.23. The van der Waals surface area contributed by atoms with Crippen LogP contribution < -0.4 is 11.4 Å². The second-order valence-electron chi connectivity index (χ2n) is 7.87. The molecule has 2 aromatic heterocycles. The molecule has 0 fully saturated rings. The minimum Gasteiger partial charge on any atom is -0.306 e. The number of rotatable bonds is 4. The average Bonchev–Trinajstić information content (AvgIpc) is 3.16. The number of hydrogen-bond donors (Lipinski definition) is 2.